The molecule has 1 heterocycles. The first-order chi connectivity index (χ1) is 9.31. The molecule has 0 aromatic heterocycles. The Bertz CT molecular complexity index is 307. The first kappa shape index (κ1) is 17.4. The van der Waals surface area contributed by atoms with Crippen LogP contribution < -0.4 is 0 Å². The lowest BCUT2D eigenvalue weighted by Gasteiger charge is -2.38. The topological polar surface area (TPSA) is 38.8 Å². The molecule has 0 amide bonds. The van der Waals surface area contributed by atoms with Gasteiger partial charge in [0.15, 0.2) is 0 Å². The third-order valence-corrected chi connectivity index (χ3v) is 4.36. The van der Waals surface area contributed by atoms with Gasteiger partial charge in [-0.1, -0.05) is 20.8 Å². The molecule has 4 heteroatoms. The molecule has 1 rings (SSSR count). The molecule has 0 N–H and O–H groups in total. The highest BCUT2D eigenvalue weighted by molar-refractivity contribution is 5.75. The Morgan fingerprint density at radius 3 is 2.25 bits per heavy atom. The zero-order valence-corrected chi connectivity index (χ0v) is 13.9. The van der Waals surface area contributed by atoms with Crippen LogP contribution in [0.2, 0.25) is 0 Å². The first-order valence-electron chi connectivity index (χ1n) is 7.79. The Balaban J connectivity index is 2.45. The fourth-order valence-electron chi connectivity index (χ4n) is 2.55. The zero-order valence-electron chi connectivity index (χ0n) is 13.9. The summed E-state index contributed by atoms with van der Waals surface area (Å²) in [6.45, 7) is 12.1. The van der Waals surface area contributed by atoms with E-state index in [2.05, 4.69) is 18.7 Å². The molecule has 0 bridgehead atoms. The molecule has 0 aliphatic carbocycles. The smallest absolute Gasteiger partial charge is 0.311 e. The highest BCUT2D eigenvalue weighted by Gasteiger charge is 2.32. The number of esters is 1. The maximum Gasteiger partial charge on any atom is 0.311 e. The van der Waals surface area contributed by atoms with Crippen molar-refractivity contribution in [2.45, 2.75) is 66.2 Å². The lowest BCUT2D eigenvalue weighted by atomic mass is 9.90. The van der Waals surface area contributed by atoms with E-state index in [1.165, 1.54) is 0 Å². The maximum absolute atomic E-state index is 12.1. The highest BCUT2D eigenvalue weighted by Crippen LogP contribution is 2.25. The fourth-order valence-corrected chi connectivity index (χ4v) is 2.55. The van der Waals surface area contributed by atoms with E-state index in [1.807, 2.05) is 20.8 Å². The van der Waals surface area contributed by atoms with Gasteiger partial charge in [-0.3, -0.25) is 9.69 Å². The van der Waals surface area contributed by atoms with Crippen molar-refractivity contribution in [3.63, 3.8) is 0 Å². The van der Waals surface area contributed by atoms with Crippen molar-refractivity contribution >= 4 is 5.97 Å². The number of ether oxygens (including phenoxy) is 2. The molecule has 1 unspecified atom stereocenters. The van der Waals surface area contributed by atoms with Gasteiger partial charge in [-0.15, -0.1) is 0 Å². The van der Waals surface area contributed by atoms with E-state index >= 15 is 0 Å². The second-order valence-corrected chi connectivity index (χ2v) is 6.75. The van der Waals surface area contributed by atoms with Gasteiger partial charge in [-0.05, 0) is 39.0 Å². The fraction of sp³-hybridized carbons (Fsp3) is 0.938. The molecule has 1 fully saturated rings. The summed E-state index contributed by atoms with van der Waals surface area (Å²) in [5, 5.41) is 0. The van der Waals surface area contributed by atoms with Crippen LogP contribution in [0.1, 0.15) is 53.9 Å². The van der Waals surface area contributed by atoms with Crippen molar-refractivity contribution in [1.82, 2.24) is 4.90 Å². The summed E-state index contributed by atoms with van der Waals surface area (Å²) in [5.74, 6) is 0.406. The van der Waals surface area contributed by atoms with Crippen LogP contribution in [0, 0.1) is 11.3 Å². The monoisotopic (exact) mass is 285 g/mol. The summed E-state index contributed by atoms with van der Waals surface area (Å²) in [5.41, 5.74) is -0.371. The molecular formula is C16H31NO3. The van der Waals surface area contributed by atoms with E-state index < -0.39 is 0 Å². The standard InChI is InChI=1S/C16H31NO3/c1-7-16(4,5)15(18)20-13-8-10-17(11-9-13)14(19-6)12(2)3/h12-14H,7-11H2,1-6H3. The summed E-state index contributed by atoms with van der Waals surface area (Å²) >= 11 is 0. The molecular weight excluding hydrogens is 254 g/mol. The van der Waals surface area contributed by atoms with Crippen molar-refractivity contribution in [3.8, 4) is 0 Å². The molecule has 0 aromatic rings. The largest absolute Gasteiger partial charge is 0.462 e. The number of carbonyl (C=O) groups is 1. The Morgan fingerprint density at radius 1 is 1.30 bits per heavy atom. The zero-order chi connectivity index (χ0) is 15.3. The van der Waals surface area contributed by atoms with Gasteiger partial charge < -0.3 is 9.47 Å². The molecule has 20 heavy (non-hydrogen) atoms. The molecule has 118 valence electrons. The van der Waals surface area contributed by atoms with E-state index in [-0.39, 0.29) is 23.7 Å². The molecule has 0 saturated carbocycles. The van der Waals surface area contributed by atoms with Crippen LogP contribution in [-0.2, 0) is 14.3 Å². The molecule has 0 spiro atoms. The normalized spacial score (nSPS) is 20.1. The number of nitrogens with zero attached hydrogens (tertiary/aromatic N) is 1. The van der Waals surface area contributed by atoms with E-state index in [4.69, 9.17) is 9.47 Å². The predicted molar refractivity (Wildman–Crippen MR) is 80.4 cm³/mol. The van der Waals surface area contributed by atoms with Gasteiger partial charge in [0.2, 0.25) is 0 Å². The molecule has 1 atom stereocenters. The second kappa shape index (κ2) is 7.41. The molecule has 1 aliphatic rings. The lowest BCUT2D eigenvalue weighted by molar-refractivity contribution is -0.164. The van der Waals surface area contributed by atoms with Crippen LogP contribution in [0.4, 0.5) is 0 Å². The number of hydrogen-bond donors (Lipinski definition) is 0. The number of hydrogen-bond acceptors (Lipinski definition) is 4. The Hall–Kier alpha value is -0.610. The third kappa shape index (κ3) is 4.45. The van der Waals surface area contributed by atoms with Gasteiger partial charge in [0.1, 0.15) is 12.3 Å². The summed E-state index contributed by atoms with van der Waals surface area (Å²) in [4.78, 5) is 14.4. The van der Waals surface area contributed by atoms with Crippen LogP contribution in [0.25, 0.3) is 0 Å². The van der Waals surface area contributed by atoms with Gasteiger partial charge in [-0.2, -0.15) is 0 Å². The van der Waals surface area contributed by atoms with Crippen molar-refractivity contribution in [2.75, 3.05) is 20.2 Å². The van der Waals surface area contributed by atoms with E-state index in [1.54, 1.807) is 7.11 Å². The Labute approximate surface area is 123 Å². The number of methoxy groups -OCH3 is 1. The van der Waals surface area contributed by atoms with Crippen LogP contribution in [-0.4, -0.2) is 43.4 Å². The van der Waals surface area contributed by atoms with E-state index in [0.29, 0.717) is 5.92 Å². The van der Waals surface area contributed by atoms with Gasteiger partial charge in [0.25, 0.3) is 0 Å². The minimum Gasteiger partial charge on any atom is -0.462 e. The van der Waals surface area contributed by atoms with Crippen LogP contribution >= 0.6 is 0 Å². The van der Waals surface area contributed by atoms with Crippen molar-refractivity contribution in [2.24, 2.45) is 11.3 Å². The summed E-state index contributed by atoms with van der Waals surface area (Å²) in [6.07, 6.45) is 2.84. The van der Waals surface area contributed by atoms with Crippen molar-refractivity contribution in [1.29, 1.82) is 0 Å². The van der Waals surface area contributed by atoms with Crippen molar-refractivity contribution < 1.29 is 14.3 Å². The van der Waals surface area contributed by atoms with Gasteiger partial charge in [-0.25, -0.2) is 0 Å². The number of carbonyl (C=O) groups excluding carboxylic acids is 1. The predicted octanol–water partition coefficient (Wildman–Crippen LogP) is 3.06. The number of rotatable bonds is 6. The van der Waals surface area contributed by atoms with E-state index in [0.717, 1.165) is 32.4 Å². The molecule has 0 aromatic carbocycles. The molecule has 4 nitrogen and oxygen atoms in total. The van der Waals surface area contributed by atoms with Crippen LogP contribution in [0.5, 0.6) is 0 Å². The Kier molecular flexibility index (Phi) is 6.46. The molecule has 1 aliphatic heterocycles. The minimum absolute atomic E-state index is 0.0641. The average molecular weight is 285 g/mol. The quantitative estimate of drug-likeness (QED) is 0.703. The molecule has 0 radical (unpaired) electrons. The first-order valence-corrected chi connectivity index (χ1v) is 7.79. The number of likely N-dealkylation sites (tertiary alicyclic amines) is 1. The van der Waals surface area contributed by atoms with Crippen LogP contribution in [0.15, 0.2) is 0 Å². The third-order valence-electron chi connectivity index (χ3n) is 4.36. The van der Waals surface area contributed by atoms with Gasteiger partial charge in [0, 0.05) is 20.2 Å². The highest BCUT2D eigenvalue weighted by atomic mass is 16.5. The SMILES string of the molecule is CCC(C)(C)C(=O)OC1CCN(C(OC)C(C)C)CC1. The van der Waals surface area contributed by atoms with E-state index in [9.17, 15) is 4.79 Å². The second-order valence-electron chi connectivity index (χ2n) is 6.75. The molecule has 1 saturated heterocycles. The lowest BCUT2D eigenvalue weighted by Crippen LogP contribution is -2.47. The Morgan fingerprint density at radius 2 is 1.85 bits per heavy atom. The van der Waals surface area contributed by atoms with Crippen molar-refractivity contribution in [3.05, 3.63) is 0 Å². The summed E-state index contributed by atoms with van der Waals surface area (Å²) in [6, 6.07) is 0. The van der Waals surface area contributed by atoms with Gasteiger partial charge in [0.05, 0.1) is 5.41 Å². The number of piperidine rings is 1. The maximum atomic E-state index is 12.1. The minimum atomic E-state index is -0.371. The van der Waals surface area contributed by atoms with Crippen LogP contribution in [0.3, 0.4) is 0 Å². The average Bonchev–Trinajstić information content (AvgIpc) is 2.41. The van der Waals surface area contributed by atoms with Gasteiger partial charge >= 0.3 is 5.97 Å². The summed E-state index contributed by atoms with van der Waals surface area (Å²) in [7, 11) is 1.76. The summed E-state index contributed by atoms with van der Waals surface area (Å²) < 4.78 is 11.2.